The van der Waals surface area contributed by atoms with Crippen LogP contribution < -0.4 is 20.1 Å². The van der Waals surface area contributed by atoms with E-state index in [1.165, 1.54) is 0 Å². The van der Waals surface area contributed by atoms with Crippen LogP contribution >= 0.6 is 0 Å². The van der Waals surface area contributed by atoms with Crippen LogP contribution in [0.3, 0.4) is 0 Å². The zero-order chi connectivity index (χ0) is 17.9. The van der Waals surface area contributed by atoms with Crippen LogP contribution in [-0.2, 0) is 4.79 Å². The number of rotatable bonds is 4. The van der Waals surface area contributed by atoms with Crippen molar-refractivity contribution >= 4 is 28.3 Å². The lowest BCUT2D eigenvalue weighted by atomic mass is 10.1. The molecule has 1 aliphatic heterocycles. The summed E-state index contributed by atoms with van der Waals surface area (Å²) in [5.41, 5.74) is 1.12. The molecule has 0 radical (unpaired) electrons. The Hall–Kier alpha value is -3.54. The number of hydrogen-bond donors (Lipinski definition) is 2. The van der Waals surface area contributed by atoms with Gasteiger partial charge in [-0.1, -0.05) is 36.4 Å². The zero-order valence-corrected chi connectivity index (χ0v) is 13.8. The molecule has 0 saturated heterocycles. The van der Waals surface area contributed by atoms with Crippen molar-refractivity contribution in [2.45, 2.75) is 0 Å². The van der Waals surface area contributed by atoms with Crippen molar-refractivity contribution in [3.05, 3.63) is 66.2 Å². The average Bonchev–Trinajstić information content (AvgIpc) is 3.14. The number of anilines is 1. The Labute approximate surface area is 149 Å². The Balaban J connectivity index is 1.40. The van der Waals surface area contributed by atoms with Gasteiger partial charge in [-0.2, -0.15) is 0 Å². The average molecular weight is 348 g/mol. The molecule has 2 N–H and O–H groups in total. The normalized spacial score (nSPS) is 12.0. The molecule has 0 aromatic heterocycles. The summed E-state index contributed by atoms with van der Waals surface area (Å²) in [6.45, 7) is 0.0182. The predicted octanol–water partition coefficient (Wildman–Crippen LogP) is 2.94. The topological polar surface area (TPSA) is 76.7 Å². The highest BCUT2D eigenvalue weighted by Gasteiger charge is 2.16. The molecule has 3 aromatic rings. The maximum atomic E-state index is 12.2. The Bertz CT molecular complexity index is 995. The lowest BCUT2D eigenvalue weighted by Crippen LogP contribution is -2.32. The van der Waals surface area contributed by atoms with Gasteiger partial charge in [-0.25, -0.2) is 0 Å². The molecular weight excluding hydrogens is 332 g/mol. The second-order valence-corrected chi connectivity index (χ2v) is 5.83. The van der Waals surface area contributed by atoms with Crippen LogP contribution in [0.1, 0.15) is 10.4 Å². The van der Waals surface area contributed by atoms with Crippen molar-refractivity contribution in [1.82, 2.24) is 5.32 Å². The minimum Gasteiger partial charge on any atom is -0.454 e. The predicted molar refractivity (Wildman–Crippen MR) is 97.5 cm³/mol. The largest absolute Gasteiger partial charge is 0.454 e. The summed E-state index contributed by atoms with van der Waals surface area (Å²) in [5.74, 6) is 0.486. The Kier molecular flexibility index (Phi) is 4.15. The molecule has 1 aliphatic rings. The molecule has 3 aromatic carbocycles. The van der Waals surface area contributed by atoms with Crippen molar-refractivity contribution in [3.63, 3.8) is 0 Å². The highest BCUT2D eigenvalue weighted by molar-refractivity contribution is 6.04. The summed E-state index contributed by atoms with van der Waals surface area (Å²) in [6.07, 6.45) is 0. The fourth-order valence-electron chi connectivity index (χ4n) is 2.83. The minimum atomic E-state index is -0.351. The Morgan fingerprint density at radius 1 is 0.923 bits per heavy atom. The first-order valence-electron chi connectivity index (χ1n) is 8.16. The van der Waals surface area contributed by atoms with E-state index in [9.17, 15) is 9.59 Å². The quantitative estimate of drug-likeness (QED) is 0.760. The summed E-state index contributed by atoms with van der Waals surface area (Å²) in [4.78, 5) is 24.4. The van der Waals surface area contributed by atoms with Gasteiger partial charge >= 0.3 is 0 Å². The first-order chi connectivity index (χ1) is 12.7. The number of fused-ring (bicyclic) bond motifs is 2. The highest BCUT2D eigenvalue weighted by atomic mass is 16.7. The van der Waals surface area contributed by atoms with E-state index < -0.39 is 0 Å². The van der Waals surface area contributed by atoms with Gasteiger partial charge in [0.05, 0.1) is 6.54 Å². The van der Waals surface area contributed by atoms with Gasteiger partial charge in [0, 0.05) is 16.6 Å². The van der Waals surface area contributed by atoms with Crippen molar-refractivity contribution in [2.24, 2.45) is 0 Å². The van der Waals surface area contributed by atoms with Crippen LogP contribution in [0, 0.1) is 0 Å². The Morgan fingerprint density at radius 2 is 1.73 bits per heavy atom. The van der Waals surface area contributed by atoms with Crippen LogP contribution in [0.2, 0.25) is 0 Å². The third kappa shape index (κ3) is 3.17. The third-order valence-corrected chi connectivity index (χ3v) is 4.11. The molecule has 0 fully saturated rings. The zero-order valence-electron chi connectivity index (χ0n) is 13.8. The molecule has 6 heteroatoms. The second kappa shape index (κ2) is 6.76. The summed E-state index contributed by atoms with van der Waals surface area (Å²) in [6, 6.07) is 18.4. The number of amides is 2. The van der Waals surface area contributed by atoms with Gasteiger partial charge in [-0.05, 0) is 29.7 Å². The molecule has 0 bridgehead atoms. The molecule has 0 saturated carbocycles. The number of benzene rings is 3. The fraction of sp³-hybridized carbons (Fsp3) is 0.100. The number of ether oxygens (including phenoxy) is 2. The minimum absolute atomic E-state index is 0.128. The standard InChI is InChI=1S/C20H16N2O4/c23-19(22-16-7-3-5-13-4-1-2-6-15(13)16)11-21-20(24)14-8-9-17-18(10-14)26-12-25-17/h1-10H,11-12H2,(H,21,24)(H,22,23). The van der Waals surface area contributed by atoms with Crippen molar-refractivity contribution in [3.8, 4) is 11.5 Å². The van der Waals surface area contributed by atoms with E-state index in [0.717, 1.165) is 10.8 Å². The molecule has 130 valence electrons. The molecule has 26 heavy (non-hydrogen) atoms. The molecule has 0 spiro atoms. The fourth-order valence-corrected chi connectivity index (χ4v) is 2.83. The van der Waals surface area contributed by atoms with Gasteiger partial charge in [0.25, 0.3) is 5.91 Å². The number of carbonyl (C=O) groups is 2. The van der Waals surface area contributed by atoms with E-state index in [1.54, 1.807) is 18.2 Å². The van der Waals surface area contributed by atoms with Crippen molar-refractivity contribution in [1.29, 1.82) is 0 Å². The second-order valence-electron chi connectivity index (χ2n) is 5.83. The summed E-state index contributed by atoms with van der Waals surface area (Å²) >= 11 is 0. The maximum Gasteiger partial charge on any atom is 0.251 e. The molecule has 1 heterocycles. The van der Waals surface area contributed by atoms with Gasteiger partial charge < -0.3 is 20.1 Å². The first kappa shape index (κ1) is 16.0. The van der Waals surface area contributed by atoms with Gasteiger partial charge in [0.15, 0.2) is 11.5 Å². The third-order valence-electron chi connectivity index (χ3n) is 4.11. The summed E-state index contributed by atoms with van der Waals surface area (Å²) in [5, 5.41) is 7.43. The van der Waals surface area contributed by atoms with Crippen LogP contribution in [-0.4, -0.2) is 25.2 Å². The van der Waals surface area contributed by atoms with E-state index in [0.29, 0.717) is 22.7 Å². The number of carbonyl (C=O) groups excluding carboxylic acids is 2. The van der Waals surface area contributed by atoms with Crippen LogP contribution in [0.4, 0.5) is 5.69 Å². The smallest absolute Gasteiger partial charge is 0.251 e. The number of hydrogen-bond acceptors (Lipinski definition) is 4. The SMILES string of the molecule is O=C(CNC(=O)c1ccc2c(c1)OCO2)Nc1cccc2ccccc12. The Morgan fingerprint density at radius 3 is 2.65 bits per heavy atom. The monoisotopic (exact) mass is 348 g/mol. The van der Waals surface area contributed by atoms with E-state index >= 15 is 0 Å². The molecule has 0 unspecified atom stereocenters. The van der Waals surface area contributed by atoms with Gasteiger partial charge in [-0.15, -0.1) is 0 Å². The molecule has 0 aliphatic carbocycles. The molecule has 6 nitrogen and oxygen atoms in total. The van der Waals surface area contributed by atoms with Gasteiger partial charge in [0.2, 0.25) is 12.7 Å². The van der Waals surface area contributed by atoms with Crippen LogP contribution in [0.25, 0.3) is 10.8 Å². The van der Waals surface area contributed by atoms with Gasteiger partial charge in [0.1, 0.15) is 0 Å². The number of nitrogens with one attached hydrogen (secondary N) is 2. The van der Waals surface area contributed by atoms with E-state index in [4.69, 9.17) is 9.47 Å². The lowest BCUT2D eigenvalue weighted by Gasteiger charge is -2.10. The van der Waals surface area contributed by atoms with Gasteiger partial charge in [-0.3, -0.25) is 9.59 Å². The highest BCUT2D eigenvalue weighted by Crippen LogP contribution is 2.32. The summed E-state index contributed by atoms with van der Waals surface area (Å²) in [7, 11) is 0. The lowest BCUT2D eigenvalue weighted by molar-refractivity contribution is -0.115. The van der Waals surface area contributed by atoms with Crippen molar-refractivity contribution < 1.29 is 19.1 Å². The van der Waals surface area contributed by atoms with Crippen molar-refractivity contribution in [2.75, 3.05) is 18.7 Å². The summed E-state index contributed by atoms with van der Waals surface area (Å²) < 4.78 is 10.5. The van der Waals surface area contributed by atoms with E-state index in [2.05, 4.69) is 10.6 Å². The molecule has 4 rings (SSSR count). The van der Waals surface area contributed by atoms with Crippen LogP contribution in [0.15, 0.2) is 60.7 Å². The van der Waals surface area contributed by atoms with Crippen LogP contribution in [0.5, 0.6) is 11.5 Å². The molecular formula is C20H16N2O4. The van der Waals surface area contributed by atoms with E-state index in [1.807, 2.05) is 42.5 Å². The molecule has 2 amide bonds. The van der Waals surface area contributed by atoms with E-state index in [-0.39, 0.29) is 25.2 Å². The first-order valence-corrected chi connectivity index (χ1v) is 8.16. The maximum absolute atomic E-state index is 12.2. The molecule has 0 atom stereocenters.